The van der Waals surface area contributed by atoms with E-state index in [4.69, 9.17) is 28.0 Å². The molecule has 0 saturated carbocycles. The molecule has 0 aromatic heterocycles. The van der Waals surface area contributed by atoms with Crippen molar-refractivity contribution in [1.82, 2.24) is 5.32 Å². The average Bonchev–Trinajstić information content (AvgIpc) is 3.18. The van der Waals surface area contributed by atoms with Crippen LogP contribution in [0.25, 0.3) is 0 Å². The number of carbonyl (C=O) groups excluding carboxylic acids is 2. The second-order valence-electron chi connectivity index (χ2n) is 7.70. The molecule has 33 heavy (non-hydrogen) atoms. The summed E-state index contributed by atoms with van der Waals surface area (Å²) in [5, 5.41) is 6.45. The van der Waals surface area contributed by atoms with Gasteiger partial charge in [-0.1, -0.05) is 40.5 Å². The number of oxime groups is 1. The zero-order valence-corrected chi connectivity index (χ0v) is 19.4. The summed E-state index contributed by atoms with van der Waals surface area (Å²) in [5.41, 5.74) is -1.55. The van der Waals surface area contributed by atoms with Crippen molar-refractivity contribution in [3.8, 4) is 0 Å². The molecule has 1 aliphatic heterocycles. The van der Waals surface area contributed by atoms with Gasteiger partial charge in [0.25, 0.3) is 5.60 Å². The maximum absolute atomic E-state index is 14.1. The SMILES string of the molecule is CCNC(=O)CCC(=O)c1ccc(C2=NOC(c3cc(Cl)cc(Cl)c3)(C(F)(F)F)C2)cc1C. The Kier molecular flexibility index (Phi) is 7.39. The monoisotopic (exact) mass is 500 g/mol. The first-order valence-electron chi connectivity index (χ1n) is 10.2. The lowest BCUT2D eigenvalue weighted by Crippen LogP contribution is -2.42. The lowest BCUT2D eigenvalue weighted by Gasteiger charge is -2.29. The Balaban J connectivity index is 1.84. The molecule has 1 aliphatic rings. The van der Waals surface area contributed by atoms with Crippen molar-refractivity contribution < 1.29 is 27.6 Å². The average molecular weight is 501 g/mol. The van der Waals surface area contributed by atoms with Gasteiger partial charge in [-0.05, 0) is 49.2 Å². The van der Waals surface area contributed by atoms with E-state index in [1.54, 1.807) is 19.9 Å². The largest absolute Gasteiger partial charge is 0.435 e. The fourth-order valence-corrected chi connectivity index (χ4v) is 4.17. The Morgan fingerprint density at radius 1 is 1.12 bits per heavy atom. The molecular formula is C23H21Cl2F3N2O3. The van der Waals surface area contributed by atoms with Crippen molar-refractivity contribution in [1.29, 1.82) is 0 Å². The van der Waals surface area contributed by atoms with Gasteiger partial charge < -0.3 is 10.2 Å². The van der Waals surface area contributed by atoms with Gasteiger partial charge in [0, 0.05) is 47.0 Å². The van der Waals surface area contributed by atoms with E-state index in [9.17, 15) is 22.8 Å². The first kappa shape index (κ1) is 25.1. The highest BCUT2D eigenvalue weighted by Gasteiger charge is 2.62. The second kappa shape index (κ2) is 9.73. The summed E-state index contributed by atoms with van der Waals surface area (Å²) >= 11 is 11.8. The van der Waals surface area contributed by atoms with Crippen LogP contribution >= 0.6 is 23.2 Å². The van der Waals surface area contributed by atoms with Gasteiger partial charge in [0.15, 0.2) is 5.78 Å². The fraction of sp³-hybridized carbons (Fsp3) is 0.348. The van der Waals surface area contributed by atoms with Crippen LogP contribution in [0.2, 0.25) is 10.0 Å². The van der Waals surface area contributed by atoms with Crippen LogP contribution in [0.1, 0.15) is 53.2 Å². The van der Waals surface area contributed by atoms with Crippen LogP contribution < -0.4 is 5.32 Å². The van der Waals surface area contributed by atoms with E-state index in [1.165, 1.54) is 18.2 Å². The third-order valence-electron chi connectivity index (χ3n) is 5.33. The third-order valence-corrected chi connectivity index (χ3v) is 5.76. The summed E-state index contributed by atoms with van der Waals surface area (Å²) in [5.74, 6) is -0.449. The zero-order chi connectivity index (χ0) is 24.4. The molecule has 0 radical (unpaired) electrons. The number of hydrogen-bond donors (Lipinski definition) is 1. The smallest absolute Gasteiger partial charge is 0.374 e. The van der Waals surface area contributed by atoms with E-state index < -0.39 is 18.2 Å². The number of amides is 1. The standard InChI is InChI=1S/C23H21Cl2F3N2O3/c1-3-29-21(32)7-6-20(31)18-5-4-14(8-13(18)2)19-12-22(33-30-19,23(26,27)28)15-9-16(24)11-17(25)10-15/h4-5,8-11H,3,6-7,12H2,1-2H3,(H,29,32). The number of nitrogens with zero attached hydrogens (tertiary/aromatic N) is 1. The Labute approximate surface area is 198 Å². The van der Waals surface area contributed by atoms with Crippen LogP contribution in [0.4, 0.5) is 13.2 Å². The summed E-state index contributed by atoms with van der Waals surface area (Å²) in [6.45, 7) is 3.94. The van der Waals surface area contributed by atoms with Crippen LogP contribution in [0.15, 0.2) is 41.6 Å². The summed E-state index contributed by atoms with van der Waals surface area (Å²) in [6, 6.07) is 8.27. The van der Waals surface area contributed by atoms with Crippen LogP contribution in [-0.2, 0) is 15.2 Å². The molecule has 1 atom stereocenters. The van der Waals surface area contributed by atoms with Gasteiger partial charge >= 0.3 is 6.18 Å². The Morgan fingerprint density at radius 2 is 1.79 bits per heavy atom. The van der Waals surface area contributed by atoms with Crippen molar-refractivity contribution >= 4 is 40.6 Å². The molecule has 10 heteroatoms. The van der Waals surface area contributed by atoms with Gasteiger partial charge in [-0.3, -0.25) is 9.59 Å². The van der Waals surface area contributed by atoms with Crippen molar-refractivity contribution in [2.45, 2.75) is 44.9 Å². The van der Waals surface area contributed by atoms with Gasteiger partial charge in [-0.2, -0.15) is 13.2 Å². The van der Waals surface area contributed by atoms with Gasteiger partial charge in [0.2, 0.25) is 5.91 Å². The highest BCUT2D eigenvalue weighted by Crippen LogP contribution is 2.49. The molecule has 1 amide bonds. The predicted molar refractivity (Wildman–Crippen MR) is 120 cm³/mol. The maximum atomic E-state index is 14.1. The highest BCUT2D eigenvalue weighted by atomic mass is 35.5. The number of alkyl halides is 3. The summed E-state index contributed by atoms with van der Waals surface area (Å²) < 4.78 is 42.4. The molecule has 2 aromatic rings. The third kappa shape index (κ3) is 5.33. The second-order valence-corrected chi connectivity index (χ2v) is 8.57. The molecule has 1 unspecified atom stereocenters. The summed E-state index contributed by atoms with van der Waals surface area (Å²) in [7, 11) is 0. The van der Waals surface area contributed by atoms with Gasteiger partial charge in [0.05, 0.1) is 5.71 Å². The lowest BCUT2D eigenvalue weighted by molar-refractivity contribution is -0.275. The highest BCUT2D eigenvalue weighted by molar-refractivity contribution is 6.34. The number of rotatable bonds is 7. The number of benzene rings is 2. The first-order chi connectivity index (χ1) is 15.5. The summed E-state index contributed by atoms with van der Waals surface area (Å²) in [6.07, 6.45) is -5.29. The van der Waals surface area contributed by atoms with Crippen molar-refractivity contribution in [2.75, 3.05) is 6.54 Å². The van der Waals surface area contributed by atoms with Gasteiger partial charge in [0.1, 0.15) is 0 Å². The molecular weight excluding hydrogens is 480 g/mol. The van der Waals surface area contributed by atoms with Crippen molar-refractivity contribution in [2.24, 2.45) is 5.16 Å². The minimum Gasteiger partial charge on any atom is -0.374 e. The number of aryl methyl sites for hydroxylation is 1. The molecule has 0 spiro atoms. The Morgan fingerprint density at radius 3 is 2.36 bits per heavy atom. The number of hydrogen-bond acceptors (Lipinski definition) is 4. The maximum Gasteiger partial charge on any atom is 0.435 e. The predicted octanol–water partition coefficient (Wildman–Crippen LogP) is 5.98. The van der Waals surface area contributed by atoms with Crippen molar-refractivity contribution in [3.05, 3.63) is 68.7 Å². The number of carbonyl (C=O) groups is 2. The van der Waals surface area contributed by atoms with Crippen LogP contribution in [0.5, 0.6) is 0 Å². The number of halogens is 5. The van der Waals surface area contributed by atoms with Gasteiger partial charge in [-0.15, -0.1) is 0 Å². The van der Waals surface area contributed by atoms with Gasteiger partial charge in [-0.25, -0.2) is 0 Å². The van der Waals surface area contributed by atoms with Crippen LogP contribution in [0.3, 0.4) is 0 Å². The van der Waals surface area contributed by atoms with E-state index in [0.29, 0.717) is 23.2 Å². The molecule has 5 nitrogen and oxygen atoms in total. The summed E-state index contributed by atoms with van der Waals surface area (Å²) in [4.78, 5) is 29.1. The topological polar surface area (TPSA) is 67.8 Å². The van der Waals surface area contributed by atoms with E-state index in [0.717, 1.165) is 12.1 Å². The molecule has 0 aliphatic carbocycles. The quantitative estimate of drug-likeness (QED) is 0.475. The fourth-order valence-electron chi connectivity index (χ4n) is 3.65. The minimum atomic E-state index is -4.80. The number of Topliss-reactive ketones (excluding diaryl/α,β-unsaturated/α-hetero) is 1. The Hall–Kier alpha value is -2.58. The molecule has 0 saturated heterocycles. The Bertz CT molecular complexity index is 1100. The molecule has 1 heterocycles. The molecule has 1 N–H and O–H groups in total. The van der Waals surface area contributed by atoms with E-state index in [-0.39, 0.29) is 45.9 Å². The number of ketones is 1. The van der Waals surface area contributed by atoms with Crippen LogP contribution in [0, 0.1) is 6.92 Å². The molecule has 2 aromatic carbocycles. The minimum absolute atomic E-state index is 0.0305. The molecule has 3 rings (SSSR count). The van der Waals surface area contributed by atoms with E-state index in [2.05, 4.69) is 10.5 Å². The normalized spacial score (nSPS) is 18.0. The lowest BCUT2D eigenvalue weighted by atomic mass is 9.86. The molecule has 0 fully saturated rings. The zero-order valence-electron chi connectivity index (χ0n) is 17.9. The molecule has 176 valence electrons. The van der Waals surface area contributed by atoms with E-state index >= 15 is 0 Å². The molecule has 0 bridgehead atoms. The number of nitrogens with one attached hydrogen (secondary N) is 1. The van der Waals surface area contributed by atoms with E-state index in [1.807, 2.05) is 0 Å². The van der Waals surface area contributed by atoms with Crippen LogP contribution in [-0.4, -0.2) is 30.1 Å². The first-order valence-corrected chi connectivity index (χ1v) is 10.9. The van der Waals surface area contributed by atoms with Crippen molar-refractivity contribution in [3.63, 3.8) is 0 Å².